The van der Waals surface area contributed by atoms with Crippen LogP contribution in [0.25, 0.3) is 0 Å². The number of nitrogens with zero attached hydrogens (tertiary/aromatic N) is 2. The Hall–Kier alpha value is -0.120. The van der Waals surface area contributed by atoms with Crippen LogP contribution in [0.2, 0.25) is 0 Å². The highest BCUT2D eigenvalue weighted by Crippen LogP contribution is 2.09. The van der Waals surface area contributed by atoms with Crippen LogP contribution in [0.5, 0.6) is 0 Å². The van der Waals surface area contributed by atoms with Gasteiger partial charge in [0, 0.05) is 29.6 Å². The van der Waals surface area contributed by atoms with Crippen molar-refractivity contribution >= 4 is 27.5 Å². The molecule has 84 valence electrons. The third-order valence-corrected chi connectivity index (χ3v) is 2.75. The number of hydrogen-bond acceptors (Lipinski definition) is 2. The summed E-state index contributed by atoms with van der Waals surface area (Å²) in [5.74, 6) is 0.677. The smallest absolute Gasteiger partial charge is 0.0544 e. The third-order valence-electron chi connectivity index (χ3n) is 2.11. The molecular weight excluding hydrogens is 275 g/mol. The zero-order valence-electron chi connectivity index (χ0n) is 8.92. The van der Waals surface area contributed by atoms with E-state index >= 15 is 0 Å². The molecule has 0 N–H and O–H groups in total. The SMILES string of the molecule is CCCN(CCCl)Cc1ccc(Br)cn1. The summed E-state index contributed by atoms with van der Waals surface area (Å²) < 4.78 is 1.02. The Morgan fingerprint density at radius 2 is 2.20 bits per heavy atom. The van der Waals surface area contributed by atoms with E-state index in [0.717, 1.165) is 36.2 Å². The fourth-order valence-electron chi connectivity index (χ4n) is 1.43. The van der Waals surface area contributed by atoms with E-state index in [1.165, 1.54) is 0 Å². The standard InChI is InChI=1S/C11H16BrClN2/c1-2-6-15(7-5-13)9-11-4-3-10(12)8-14-11/h3-4,8H,2,5-7,9H2,1H3. The second-order valence-electron chi connectivity index (χ2n) is 3.43. The Kier molecular flexibility index (Phi) is 6.22. The van der Waals surface area contributed by atoms with Crippen LogP contribution in [0.4, 0.5) is 0 Å². The van der Waals surface area contributed by atoms with Crippen molar-refractivity contribution in [3.63, 3.8) is 0 Å². The van der Waals surface area contributed by atoms with E-state index in [0.29, 0.717) is 5.88 Å². The largest absolute Gasteiger partial charge is 0.296 e. The quantitative estimate of drug-likeness (QED) is 0.748. The molecule has 0 amide bonds. The summed E-state index contributed by atoms with van der Waals surface area (Å²) in [5.41, 5.74) is 1.09. The summed E-state index contributed by atoms with van der Waals surface area (Å²) in [6.45, 7) is 5.06. The Morgan fingerprint density at radius 3 is 2.73 bits per heavy atom. The fraction of sp³-hybridized carbons (Fsp3) is 0.545. The molecular formula is C11H16BrClN2. The van der Waals surface area contributed by atoms with Crippen LogP contribution < -0.4 is 0 Å². The first-order chi connectivity index (χ1) is 7.26. The van der Waals surface area contributed by atoms with E-state index in [9.17, 15) is 0 Å². The maximum atomic E-state index is 5.75. The molecule has 1 aromatic heterocycles. The normalized spacial score (nSPS) is 10.9. The van der Waals surface area contributed by atoms with E-state index in [1.807, 2.05) is 18.3 Å². The molecule has 1 rings (SSSR count). The Balaban J connectivity index is 2.53. The van der Waals surface area contributed by atoms with Crippen molar-refractivity contribution in [1.29, 1.82) is 0 Å². The molecule has 0 aliphatic rings. The maximum Gasteiger partial charge on any atom is 0.0544 e. The minimum atomic E-state index is 0.677. The number of rotatable bonds is 6. The summed E-state index contributed by atoms with van der Waals surface area (Å²) in [5, 5.41) is 0. The van der Waals surface area contributed by atoms with Gasteiger partial charge in [-0.15, -0.1) is 11.6 Å². The van der Waals surface area contributed by atoms with Gasteiger partial charge in [-0.1, -0.05) is 6.92 Å². The number of hydrogen-bond donors (Lipinski definition) is 0. The molecule has 0 aliphatic heterocycles. The minimum Gasteiger partial charge on any atom is -0.296 e. The molecule has 0 saturated heterocycles. The molecule has 0 fully saturated rings. The molecule has 4 heteroatoms. The third kappa shape index (κ3) is 4.96. The second-order valence-corrected chi connectivity index (χ2v) is 4.73. The molecule has 15 heavy (non-hydrogen) atoms. The van der Waals surface area contributed by atoms with Gasteiger partial charge in [-0.25, -0.2) is 0 Å². The van der Waals surface area contributed by atoms with Crippen LogP contribution in [0.1, 0.15) is 19.0 Å². The van der Waals surface area contributed by atoms with Gasteiger partial charge in [-0.2, -0.15) is 0 Å². The van der Waals surface area contributed by atoms with Crippen molar-refractivity contribution in [3.8, 4) is 0 Å². The summed E-state index contributed by atoms with van der Waals surface area (Å²) in [4.78, 5) is 6.67. The predicted octanol–water partition coefficient (Wildman–Crippen LogP) is 3.29. The molecule has 0 atom stereocenters. The molecule has 0 aliphatic carbocycles. The molecule has 0 bridgehead atoms. The monoisotopic (exact) mass is 290 g/mol. The van der Waals surface area contributed by atoms with Crippen molar-refractivity contribution in [2.75, 3.05) is 19.0 Å². The summed E-state index contributed by atoms with van der Waals surface area (Å²) in [6, 6.07) is 4.06. The average Bonchev–Trinajstić information content (AvgIpc) is 2.22. The van der Waals surface area contributed by atoms with Gasteiger partial charge in [0.15, 0.2) is 0 Å². The van der Waals surface area contributed by atoms with E-state index < -0.39 is 0 Å². The lowest BCUT2D eigenvalue weighted by molar-refractivity contribution is 0.279. The molecule has 0 saturated carbocycles. The maximum absolute atomic E-state index is 5.75. The van der Waals surface area contributed by atoms with E-state index in [4.69, 9.17) is 11.6 Å². The lowest BCUT2D eigenvalue weighted by Gasteiger charge is -2.19. The highest BCUT2D eigenvalue weighted by molar-refractivity contribution is 9.10. The van der Waals surface area contributed by atoms with Crippen molar-refractivity contribution in [3.05, 3.63) is 28.5 Å². The van der Waals surface area contributed by atoms with Gasteiger partial charge >= 0.3 is 0 Å². The summed E-state index contributed by atoms with van der Waals surface area (Å²) in [7, 11) is 0. The molecule has 0 spiro atoms. The first-order valence-electron chi connectivity index (χ1n) is 5.15. The minimum absolute atomic E-state index is 0.677. The predicted molar refractivity (Wildman–Crippen MR) is 68.2 cm³/mol. The van der Waals surface area contributed by atoms with Crippen molar-refractivity contribution < 1.29 is 0 Å². The zero-order chi connectivity index (χ0) is 11.1. The first-order valence-corrected chi connectivity index (χ1v) is 6.47. The van der Waals surface area contributed by atoms with Crippen LogP contribution in [-0.2, 0) is 6.54 Å². The highest BCUT2D eigenvalue weighted by Gasteiger charge is 2.04. The van der Waals surface area contributed by atoms with Gasteiger partial charge in [0.2, 0.25) is 0 Å². The fourth-order valence-corrected chi connectivity index (χ4v) is 1.91. The van der Waals surface area contributed by atoms with Crippen LogP contribution in [-0.4, -0.2) is 28.9 Å². The van der Waals surface area contributed by atoms with Gasteiger partial charge < -0.3 is 0 Å². The number of pyridine rings is 1. The van der Waals surface area contributed by atoms with Crippen molar-refractivity contribution in [1.82, 2.24) is 9.88 Å². The number of aromatic nitrogens is 1. The van der Waals surface area contributed by atoms with E-state index in [1.54, 1.807) is 0 Å². The van der Waals surface area contributed by atoms with Crippen molar-refractivity contribution in [2.45, 2.75) is 19.9 Å². The van der Waals surface area contributed by atoms with E-state index in [-0.39, 0.29) is 0 Å². The average molecular weight is 292 g/mol. The number of halogens is 2. The lowest BCUT2D eigenvalue weighted by Crippen LogP contribution is -2.26. The molecule has 0 radical (unpaired) electrons. The molecule has 0 unspecified atom stereocenters. The van der Waals surface area contributed by atoms with Gasteiger partial charge in [0.1, 0.15) is 0 Å². The van der Waals surface area contributed by atoms with E-state index in [2.05, 4.69) is 32.7 Å². The van der Waals surface area contributed by atoms with Crippen LogP contribution in [0.3, 0.4) is 0 Å². The van der Waals surface area contributed by atoms with Crippen molar-refractivity contribution in [2.24, 2.45) is 0 Å². The van der Waals surface area contributed by atoms with Gasteiger partial charge in [0.05, 0.1) is 5.69 Å². The zero-order valence-corrected chi connectivity index (χ0v) is 11.3. The molecule has 0 aromatic carbocycles. The molecule has 2 nitrogen and oxygen atoms in total. The van der Waals surface area contributed by atoms with Crippen LogP contribution >= 0.6 is 27.5 Å². The summed E-state index contributed by atoms with van der Waals surface area (Å²) >= 11 is 9.13. The van der Waals surface area contributed by atoms with Crippen LogP contribution in [0.15, 0.2) is 22.8 Å². The Bertz CT molecular complexity index is 270. The topological polar surface area (TPSA) is 16.1 Å². The first kappa shape index (κ1) is 12.9. The molecule has 1 aromatic rings. The summed E-state index contributed by atoms with van der Waals surface area (Å²) in [6.07, 6.45) is 2.98. The Morgan fingerprint density at radius 1 is 1.40 bits per heavy atom. The van der Waals surface area contributed by atoms with Crippen LogP contribution in [0, 0.1) is 0 Å². The van der Waals surface area contributed by atoms with Gasteiger partial charge in [-0.05, 0) is 41.0 Å². The van der Waals surface area contributed by atoms with Gasteiger partial charge in [-0.3, -0.25) is 9.88 Å². The lowest BCUT2D eigenvalue weighted by atomic mass is 10.3. The Labute approximate surface area is 105 Å². The van der Waals surface area contributed by atoms with Gasteiger partial charge in [0.25, 0.3) is 0 Å². The molecule has 1 heterocycles. The second kappa shape index (κ2) is 7.20. The highest BCUT2D eigenvalue weighted by atomic mass is 79.9. The number of alkyl halides is 1.